The normalized spacial score (nSPS) is 15.6. The molecule has 3 rings (SSSR count). The first kappa shape index (κ1) is 18.3. The van der Waals surface area contributed by atoms with E-state index in [1.54, 1.807) is 31.4 Å². The minimum Gasteiger partial charge on any atom is -0.508 e. The van der Waals surface area contributed by atoms with Gasteiger partial charge in [-0.25, -0.2) is 0 Å². The molecule has 1 aliphatic heterocycles. The Bertz CT molecular complexity index is 724. The summed E-state index contributed by atoms with van der Waals surface area (Å²) in [5.41, 5.74) is 2.00. The van der Waals surface area contributed by atoms with Crippen LogP contribution >= 0.6 is 0 Å². The lowest BCUT2D eigenvalue weighted by Crippen LogP contribution is -2.37. The fourth-order valence-electron chi connectivity index (χ4n) is 3.50. The Kier molecular flexibility index (Phi) is 6.12. The number of methoxy groups -OCH3 is 1. The van der Waals surface area contributed by atoms with Gasteiger partial charge < -0.3 is 15.2 Å². The van der Waals surface area contributed by atoms with Crippen LogP contribution in [0.4, 0.5) is 0 Å². The van der Waals surface area contributed by atoms with Crippen LogP contribution in [0.1, 0.15) is 30.0 Å². The molecule has 1 heterocycles. The van der Waals surface area contributed by atoms with Gasteiger partial charge in [-0.2, -0.15) is 0 Å². The summed E-state index contributed by atoms with van der Waals surface area (Å²) in [5, 5.41) is 12.4. The molecule has 1 fully saturated rings. The average Bonchev–Trinajstić information content (AvgIpc) is 3.18. The third-order valence-electron chi connectivity index (χ3n) is 4.87. The third-order valence-corrected chi connectivity index (χ3v) is 4.87. The maximum Gasteiger partial charge on any atom is 0.224 e. The first-order valence-corrected chi connectivity index (χ1v) is 9.09. The lowest BCUT2D eigenvalue weighted by molar-refractivity contribution is -0.120. The molecule has 2 N–H and O–H groups in total. The predicted octanol–water partition coefficient (Wildman–Crippen LogP) is 2.90. The monoisotopic (exact) mass is 354 g/mol. The number of aromatic hydroxyl groups is 1. The van der Waals surface area contributed by atoms with Crippen LogP contribution < -0.4 is 10.1 Å². The second-order valence-corrected chi connectivity index (χ2v) is 6.65. The summed E-state index contributed by atoms with van der Waals surface area (Å²) < 4.78 is 5.54. The van der Waals surface area contributed by atoms with Crippen molar-refractivity contribution in [2.45, 2.75) is 25.3 Å². The molecule has 1 unspecified atom stereocenters. The smallest absolute Gasteiger partial charge is 0.224 e. The maximum absolute atomic E-state index is 12.4. The lowest BCUT2D eigenvalue weighted by Gasteiger charge is -2.29. The highest BCUT2D eigenvalue weighted by molar-refractivity contribution is 5.78. The van der Waals surface area contributed by atoms with E-state index in [2.05, 4.69) is 16.3 Å². The van der Waals surface area contributed by atoms with Crippen molar-refractivity contribution in [1.29, 1.82) is 0 Å². The predicted molar refractivity (Wildman–Crippen MR) is 101 cm³/mol. The summed E-state index contributed by atoms with van der Waals surface area (Å²) in [7, 11) is 1.68. The van der Waals surface area contributed by atoms with E-state index in [-0.39, 0.29) is 17.7 Å². The largest absolute Gasteiger partial charge is 0.508 e. The van der Waals surface area contributed by atoms with Crippen LogP contribution in [0.25, 0.3) is 0 Å². The number of ether oxygens (including phenoxy) is 1. The van der Waals surface area contributed by atoms with Crippen LogP contribution in [0.5, 0.6) is 11.5 Å². The number of amides is 1. The quantitative estimate of drug-likeness (QED) is 0.803. The van der Waals surface area contributed by atoms with Crippen LogP contribution in [-0.4, -0.2) is 42.7 Å². The molecule has 2 aromatic rings. The van der Waals surface area contributed by atoms with E-state index < -0.39 is 0 Å². The van der Waals surface area contributed by atoms with Crippen molar-refractivity contribution in [3.63, 3.8) is 0 Å². The summed E-state index contributed by atoms with van der Waals surface area (Å²) >= 11 is 0. The third kappa shape index (κ3) is 4.55. The van der Waals surface area contributed by atoms with E-state index in [0.717, 1.165) is 30.0 Å². The number of nitrogens with zero attached hydrogens (tertiary/aromatic N) is 1. The SMILES string of the molecule is COc1ccccc1C(CNC(=O)Cc1ccc(O)cc1)N1CCCC1. The Hall–Kier alpha value is -2.53. The molecule has 0 radical (unpaired) electrons. The maximum atomic E-state index is 12.4. The van der Waals surface area contributed by atoms with Crippen molar-refractivity contribution in [1.82, 2.24) is 10.2 Å². The molecule has 0 bridgehead atoms. The Morgan fingerprint density at radius 3 is 2.54 bits per heavy atom. The van der Waals surface area contributed by atoms with E-state index in [1.165, 1.54) is 12.8 Å². The number of carbonyl (C=O) groups excluding carboxylic acids is 1. The number of benzene rings is 2. The summed E-state index contributed by atoms with van der Waals surface area (Å²) in [6.45, 7) is 2.63. The van der Waals surface area contributed by atoms with Crippen molar-refractivity contribution in [2.24, 2.45) is 0 Å². The first-order chi connectivity index (χ1) is 12.7. The molecule has 0 aromatic heterocycles. The molecule has 138 valence electrons. The molecule has 1 saturated heterocycles. The Balaban J connectivity index is 1.67. The van der Waals surface area contributed by atoms with E-state index in [0.29, 0.717) is 13.0 Å². The highest BCUT2D eigenvalue weighted by Gasteiger charge is 2.26. The van der Waals surface area contributed by atoms with E-state index in [9.17, 15) is 9.90 Å². The number of likely N-dealkylation sites (tertiary alicyclic amines) is 1. The molecule has 1 amide bonds. The van der Waals surface area contributed by atoms with Crippen molar-refractivity contribution >= 4 is 5.91 Å². The number of hydrogen-bond donors (Lipinski definition) is 2. The van der Waals surface area contributed by atoms with Crippen molar-refractivity contribution in [3.8, 4) is 11.5 Å². The minimum atomic E-state index is -0.0187. The van der Waals surface area contributed by atoms with Gasteiger partial charge in [0.15, 0.2) is 0 Å². The number of phenols is 1. The van der Waals surface area contributed by atoms with Gasteiger partial charge in [0.2, 0.25) is 5.91 Å². The van der Waals surface area contributed by atoms with Crippen molar-refractivity contribution in [3.05, 3.63) is 59.7 Å². The standard InChI is InChI=1S/C21H26N2O3/c1-26-20-7-3-2-6-18(20)19(23-12-4-5-13-23)15-22-21(25)14-16-8-10-17(24)11-9-16/h2-3,6-11,19,24H,4-5,12-15H2,1H3,(H,22,25). The molecule has 0 saturated carbocycles. The highest BCUT2D eigenvalue weighted by atomic mass is 16.5. The number of hydrogen-bond acceptors (Lipinski definition) is 4. The van der Waals surface area contributed by atoms with Crippen molar-refractivity contribution in [2.75, 3.05) is 26.7 Å². The zero-order valence-electron chi connectivity index (χ0n) is 15.1. The van der Waals surface area contributed by atoms with Gasteiger partial charge in [0.25, 0.3) is 0 Å². The van der Waals surface area contributed by atoms with Gasteiger partial charge in [0.05, 0.1) is 19.6 Å². The zero-order chi connectivity index (χ0) is 18.4. The molecule has 5 nitrogen and oxygen atoms in total. The van der Waals surface area contributed by atoms with Gasteiger partial charge in [0, 0.05) is 12.1 Å². The number of rotatable bonds is 7. The molecule has 1 atom stereocenters. The van der Waals surface area contributed by atoms with Gasteiger partial charge in [-0.15, -0.1) is 0 Å². The molecule has 0 spiro atoms. The molecule has 5 heteroatoms. The van der Waals surface area contributed by atoms with E-state index in [4.69, 9.17) is 4.74 Å². The Morgan fingerprint density at radius 1 is 1.15 bits per heavy atom. The van der Waals surface area contributed by atoms with Crippen molar-refractivity contribution < 1.29 is 14.6 Å². The highest BCUT2D eigenvalue weighted by Crippen LogP contribution is 2.31. The first-order valence-electron chi connectivity index (χ1n) is 9.09. The van der Waals surface area contributed by atoms with Crippen LogP contribution in [0.3, 0.4) is 0 Å². The number of nitrogens with one attached hydrogen (secondary N) is 1. The molecule has 1 aliphatic rings. The fraction of sp³-hybridized carbons (Fsp3) is 0.381. The topological polar surface area (TPSA) is 61.8 Å². The number of para-hydroxylation sites is 1. The lowest BCUT2D eigenvalue weighted by atomic mass is 10.0. The molecular weight excluding hydrogens is 328 g/mol. The van der Waals surface area contributed by atoms with E-state index >= 15 is 0 Å². The number of carbonyl (C=O) groups is 1. The molecule has 2 aromatic carbocycles. The Labute approximate surface area is 154 Å². The second-order valence-electron chi connectivity index (χ2n) is 6.65. The summed E-state index contributed by atoms with van der Waals surface area (Å²) in [6.07, 6.45) is 2.68. The summed E-state index contributed by atoms with van der Waals surface area (Å²) in [5.74, 6) is 1.05. The molecule has 26 heavy (non-hydrogen) atoms. The summed E-state index contributed by atoms with van der Waals surface area (Å²) in [4.78, 5) is 14.8. The van der Waals surface area contributed by atoms with Crippen LogP contribution in [-0.2, 0) is 11.2 Å². The van der Waals surface area contributed by atoms with Crippen LogP contribution in [0.15, 0.2) is 48.5 Å². The summed E-state index contributed by atoms with van der Waals surface area (Å²) in [6, 6.07) is 14.9. The molecular formula is C21H26N2O3. The van der Waals surface area contributed by atoms with Gasteiger partial charge >= 0.3 is 0 Å². The van der Waals surface area contributed by atoms with E-state index in [1.807, 2.05) is 18.2 Å². The number of phenolic OH excluding ortho intramolecular Hbond substituents is 1. The van der Waals surface area contributed by atoms with Gasteiger partial charge in [0.1, 0.15) is 11.5 Å². The zero-order valence-corrected chi connectivity index (χ0v) is 15.1. The van der Waals surface area contributed by atoms with Gasteiger partial charge in [-0.1, -0.05) is 30.3 Å². The van der Waals surface area contributed by atoms with Crippen LogP contribution in [0, 0.1) is 0 Å². The Morgan fingerprint density at radius 2 is 1.85 bits per heavy atom. The molecule has 0 aliphatic carbocycles. The van der Waals surface area contributed by atoms with Gasteiger partial charge in [-0.3, -0.25) is 9.69 Å². The second kappa shape index (κ2) is 8.72. The van der Waals surface area contributed by atoms with Gasteiger partial charge in [-0.05, 0) is 49.7 Å². The average molecular weight is 354 g/mol. The fourth-order valence-corrected chi connectivity index (χ4v) is 3.50. The minimum absolute atomic E-state index is 0.0187. The van der Waals surface area contributed by atoms with Crippen LogP contribution in [0.2, 0.25) is 0 Å².